The molecule has 0 spiro atoms. The summed E-state index contributed by atoms with van der Waals surface area (Å²) in [5.74, 6) is 0.583. The third-order valence-electron chi connectivity index (χ3n) is 6.93. The molecule has 1 aromatic heterocycles. The fourth-order valence-electron chi connectivity index (χ4n) is 5.05. The second kappa shape index (κ2) is 9.93. The van der Waals surface area contributed by atoms with Gasteiger partial charge in [0.05, 0.1) is 18.8 Å². The average molecular weight is 549 g/mol. The molecule has 4 aromatic rings. The molecule has 7 nitrogen and oxygen atoms in total. The second-order valence-electron chi connectivity index (χ2n) is 9.59. The average Bonchev–Trinajstić information content (AvgIpc) is 3.55. The Labute approximate surface area is 218 Å². The predicted molar refractivity (Wildman–Crippen MR) is 145 cm³/mol. The predicted octanol–water partition coefficient (Wildman–Crippen LogP) is 6.19. The Hall–Kier alpha value is -3.39. The number of alkyl carbamates (subject to hydrolysis) is 1. The number of nitrogens with zero attached hydrogens (tertiary/aromatic N) is 2. The molecule has 1 aliphatic rings. The monoisotopic (exact) mass is 548 g/mol. The van der Waals surface area contributed by atoms with Crippen LogP contribution in [0.4, 0.5) is 4.79 Å². The van der Waals surface area contributed by atoms with E-state index in [2.05, 4.69) is 74.8 Å². The summed E-state index contributed by atoms with van der Waals surface area (Å²) in [4.78, 5) is 35.2. The topological polar surface area (TPSA) is 87.3 Å². The van der Waals surface area contributed by atoms with Gasteiger partial charge in [-0.1, -0.05) is 60.1 Å². The van der Waals surface area contributed by atoms with E-state index in [4.69, 9.17) is 9.72 Å². The Bertz CT molecular complexity index is 1450. The van der Waals surface area contributed by atoms with Gasteiger partial charge in [-0.2, -0.15) is 0 Å². The lowest BCUT2D eigenvalue weighted by Crippen LogP contribution is -2.51. The normalized spacial score (nSPS) is 16.6. The van der Waals surface area contributed by atoms with E-state index in [1.165, 1.54) is 23.3 Å². The van der Waals surface area contributed by atoms with Crippen LogP contribution < -0.4 is 5.32 Å². The maximum Gasteiger partial charge on any atom is 0.407 e. The molecule has 1 fully saturated rings. The van der Waals surface area contributed by atoms with Gasteiger partial charge in [0.15, 0.2) is 0 Å². The van der Waals surface area contributed by atoms with E-state index in [0.29, 0.717) is 6.54 Å². The molecule has 2 N–H and O–H groups in total. The number of halogens is 1. The van der Waals surface area contributed by atoms with Gasteiger partial charge in [-0.3, -0.25) is 4.79 Å². The molecule has 1 saturated heterocycles. The molecule has 2 heterocycles. The number of likely N-dealkylation sites (tertiary alicyclic amines) is 1. The van der Waals surface area contributed by atoms with Gasteiger partial charge < -0.3 is 19.9 Å². The number of aromatic nitrogens is 2. The zero-order valence-corrected chi connectivity index (χ0v) is 22.1. The number of amides is 2. The molecule has 1 aliphatic heterocycles. The van der Waals surface area contributed by atoms with E-state index in [9.17, 15) is 9.59 Å². The molecule has 0 radical (unpaired) electrons. The number of nitrogens with one attached hydrogen (secondary N) is 2. The zero-order chi connectivity index (χ0) is 25.4. The summed E-state index contributed by atoms with van der Waals surface area (Å²) in [6, 6.07) is 16.2. The van der Waals surface area contributed by atoms with Crippen LogP contribution in [0.1, 0.15) is 38.6 Å². The lowest BCUT2D eigenvalue weighted by molar-refractivity contribution is -0.135. The highest BCUT2D eigenvalue weighted by atomic mass is 79.9. The Balaban J connectivity index is 1.41. The van der Waals surface area contributed by atoms with Gasteiger partial charge >= 0.3 is 6.09 Å². The third kappa shape index (κ3) is 4.57. The van der Waals surface area contributed by atoms with Crippen LogP contribution in [0.2, 0.25) is 0 Å². The lowest BCUT2D eigenvalue weighted by atomic mass is 9.99. The van der Waals surface area contributed by atoms with Crippen molar-refractivity contribution in [2.24, 2.45) is 5.92 Å². The number of imidazole rings is 1. The van der Waals surface area contributed by atoms with Gasteiger partial charge in [0.1, 0.15) is 11.9 Å². The van der Waals surface area contributed by atoms with Crippen molar-refractivity contribution < 1.29 is 14.3 Å². The summed E-state index contributed by atoms with van der Waals surface area (Å²) in [6.45, 7) is 4.46. The minimum atomic E-state index is -0.650. The first-order valence-corrected chi connectivity index (χ1v) is 13.0. The van der Waals surface area contributed by atoms with Gasteiger partial charge in [-0.25, -0.2) is 9.78 Å². The van der Waals surface area contributed by atoms with Gasteiger partial charge in [-0.15, -0.1) is 0 Å². The van der Waals surface area contributed by atoms with Crippen molar-refractivity contribution in [1.29, 1.82) is 0 Å². The number of carbonyl (C=O) groups is 2. The molecule has 3 aromatic carbocycles. The fraction of sp³-hybridized carbons (Fsp3) is 0.321. The van der Waals surface area contributed by atoms with Crippen LogP contribution in [-0.2, 0) is 9.53 Å². The van der Waals surface area contributed by atoms with Crippen molar-refractivity contribution in [3.8, 4) is 11.3 Å². The van der Waals surface area contributed by atoms with E-state index in [-0.39, 0.29) is 17.9 Å². The highest BCUT2D eigenvalue weighted by Gasteiger charge is 2.37. The molecule has 0 saturated carbocycles. The Morgan fingerprint density at radius 1 is 1.11 bits per heavy atom. The summed E-state index contributed by atoms with van der Waals surface area (Å²) >= 11 is 3.55. The Morgan fingerprint density at radius 2 is 1.83 bits per heavy atom. The van der Waals surface area contributed by atoms with Crippen molar-refractivity contribution in [1.82, 2.24) is 20.2 Å². The van der Waals surface area contributed by atoms with Crippen molar-refractivity contribution in [3.05, 3.63) is 65.0 Å². The summed E-state index contributed by atoms with van der Waals surface area (Å²) in [5.41, 5.74) is 1.86. The van der Waals surface area contributed by atoms with E-state index in [1.54, 1.807) is 0 Å². The number of H-pyrrole nitrogens is 1. The number of ether oxygens (including phenoxy) is 1. The summed E-state index contributed by atoms with van der Waals surface area (Å²) in [7, 11) is 1.30. The third-order valence-corrected chi connectivity index (χ3v) is 7.43. The second-order valence-corrected chi connectivity index (χ2v) is 10.5. The van der Waals surface area contributed by atoms with Crippen LogP contribution in [-0.4, -0.2) is 46.6 Å². The van der Waals surface area contributed by atoms with Crippen molar-refractivity contribution in [2.45, 2.75) is 38.8 Å². The molecule has 186 valence electrons. The first-order valence-electron chi connectivity index (χ1n) is 12.2. The molecular formula is C28H29BrN4O3. The molecule has 5 rings (SSSR count). The number of carbonyl (C=O) groups excluding carboxylic acids is 2. The van der Waals surface area contributed by atoms with Gasteiger partial charge in [0.25, 0.3) is 0 Å². The van der Waals surface area contributed by atoms with Crippen LogP contribution >= 0.6 is 15.9 Å². The smallest absolute Gasteiger partial charge is 0.407 e. The molecule has 2 atom stereocenters. The largest absolute Gasteiger partial charge is 0.453 e. The maximum absolute atomic E-state index is 13.4. The minimum Gasteiger partial charge on any atom is -0.453 e. The number of fused-ring (bicyclic) bond motifs is 3. The fourth-order valence-corrected chi connectivity index (χ4v) is 5.43. The number of benzene rings is 3. The maximum atomic E-state index is 13.4. The molecule has 2 amide bonds. The van der Waals surface area contributed by atoms with Crippen LogP contribution in [0.5, 0.6) is 0 Å². The number of methoxy groups -OCH3 is 1. The van der Waals surface area contributed by atoms with Crippen LogP contribution in [0.15, 0.2) is 59.2 Å². The van der Waals surface area contributed by atoms with E-state index in [1.807, 2.05) is 24.9 Å². The van der Waals surface area contributed by atoms with Crippen LogP contribution in [0.25, 0.3) is 32.8 Å². The molecule has 8 heteroatoms. The highest BCUT2D eigenvalue weighted by Crippen LogP contribution is 2.34. The number of aromatic amines is 1. The van der Waals surface area contributed by atoms with Crippen molar-refractivity contribution in [3.63, 3.8) is 0 Å². The van der Waals surface area contributed by atoms with Gasteiger partial charge in [0, 0.05) is 22.8 Å². The quantitative estimate of drug-likeness (QED) is 0.291. The van der Waals surface area contributed by atoms with Crippen LogP contribution in [0, 0.1) is 5.92 Å². The summed E-state index contributed by atoms with van der Waals surface area (Å²) < 4.78 is 5.79. The molecular weight excluding hydrogens is 520 g/mol. The van der Waals surface area contributed by atoms with E-state index >= 15 is 0 Å². The lowest BCUT2D eigenvalue weighted by Gasteiger charge is -2.29. The first kappa shape index (κ1) is 24.3. The van der Waals surface area contributed by atoms with E-state index in [0.717, 1.165) is 39.8 Å². The van der Waals surface area contributed by atoms with Crippen molar-refractivity contribution in [2.75, 3.05) is 13.7 Å². The number of hydrogen-bond donors (Lipinski definition) is 2. The molecule has 1 unspecified atom stereocenters. The summed E-state index contributed by atoms with van der Waals surface area (Å²) in [5, 5.41) is 7.45. The minimum absolute atomic E-state index is 0.0696. The van der Waals surface area contributed by atoms with E-state index < -0.39 is 12.1 Å². The SMILES string of the molecule is COC(=O)NC(C(=O)N1CCC[C@H]1c1nc(-c2ccc3c(ccc4cc(Br)ccc43)c2)c[nH]1)C(C)C. The molecule has 36 heavy (non-hydrogen) atoms. The summed E-state index contributed by atoms with van der Waals surface area (Å²) in [6.07, 6.45) is 3.01. The van der Waals surface area contributed by atoms with Crippen molar-refractivity contribution >= 4 is 49.5 Å². The number of hydrogen-bond acceptors (Lipinski definition) is 4. The van der Waals surface area contributed by atoms with Crippen LogP contribution in [0.3, 0.4) is 0 Å². The molecule has 0 bridgehead atoms. The zero-order valence-electron chi connectivity index (χ0n) is 20.5. The standard InChI is InChI=1S/C28H29BrN4O3/c1-16(2)25(32-28(35)36-3)27(34)33-12-4-5-24(33)26-30-15-23(31-26)19-8-10-21-17(13-19)6-7-18-14-20(29)9-11-22(18)21/h6-11,13-16,24-25H,4-5,12H2,1-3H3,(H,30,31)(H,32,35)/t24-,25?/m0/s1. The highest BCUT2D eigenvalue weighted by molar-refractivity contribution is 9.10. The van der Waals surface area contributed by atoms with Gasteiger partial charge in [0.2, 0.25) is 5.91 Å². The first-order chi connectivity index (χ1) is 17.4. The Kier molecular flexibility index (Phi) is 6.71. The number of rotatable bonds is 5. The van der Waals surface area contributed by atoms with Gasteiger partial charge in [-0.05, 0) is 58.5 Å². The molecule has 0 aliphatic carbocycles. The Morgan fingerprint density at radius 3 is 2.56 bits per heavy atom.